The first-order valence-corrected chi connectivity index (χ1v) is 6.90. The van der Waals surface area contributed by atoms with Gasteiger partial charge in [0.05, 0.1) is 6.20 Å². The molecule has 6 nitrogen and oxygen atoms in total. The average Bonchev–Trinajstić information content (AvgIpc) is 3.07. The molecule has 1 fully saturated rings. The number of anilines is 1. The fourth-order valence-corrected chi connectivity index (χ4v) is 2.81. The van der Waals surface area contributed by atoms with E-state index in [-0.39, 0.29) is 0 Å². The molecule has 0 spiro atoms. The summed E-state index contributed by atoms with van der Waals surface area (Å²) in [5.41, 5.74) is 6.43. The van der Waals surface area contributed by atoms with Gasteiger partial charge in [0.15, 0.2) is 5.82 Å². The van der Waals surface area contributed by atoms with E-state index in [0.717, 1.165) is 24.6 Å². The second-order valence-corrected chi connectivity index (χ2v) is 5.28. The van der Waals surface area contributed by atoms with E-state index >= 15 is 0 Å². The number of aromatic amines is 1. The van der Waals surface area contributed by atoms with Crippen molar-refractivity contribution in [2.45, 2.75) is 44.9 Å². The van der Waals surface area contributed by atoms with Crippen LogP contribution in [0.2, 0.25) is 0 Å². The molecule has 0 bridgehead atoms. The summed E-state index contributed by atoms with van der Waals surface area (Å²) in [6, 6.07) is 0. The van der Waals surface area contributed by atoms with Gasteiger partial charge in [-0.15, -0.1) is 0 Å². The second-order valence-electron chi connectivity index (χ2n) is 5.28. The molecule has 0 saturated heterocycles. The van der Waals surface area contributed by atoms with Crippen LogP contribution >= 0.6 is 0 Å². The highest BCUT2D eigenvalue weighted by Gasteiger charge is 2.25. The van der Waals surface area contributed by atoms with Crippen LogP contribution in [0.25, 0.3) is 11.5 Å². The maximum atomic E-state index is 5.75. The topological polar surface area (TPSA) is 93.6 Å². The molecule has 0 radical (unpaired) electrons. The van der Waals surface area contributed by atoms with Gasteiger partial charge in [0.25, 0.3) is 5.89 Å². The largest absolute Gasteiger partial charge is 0.383 e. The lowest BCUT2D eigenvalue weighted by Gasteiger charge is -2.25. The maximum absolute atomic E-state index is 5.75. The Morgan fingerprint density at radius 3 is 2.79 bits per heavy atom. The molecule has 0 aromatic carbocycles. The van der Waals surface area contributed by atoms with Crippen molar-refractivity contribution in [3.05, 3.63) is 12.0 Å². The minimum atomic E-state index is 0.424. The van der Waals surface area contributed by atoms with Crippen molar-refractivity contribution < 1.29 is 4.52 Å². The number of aromatic nitrogens is 4. The summed E-state index contributed by atoms with van der Waals surface area (Å²) < 4.78 is 5.30. The van der Waals surface area contributed by atoms with Gasteiger partial charge in [-0.05, 0) is 31.6 Å². The molecule has 0 atom stereocenters. The molecule has 2 heterocycles. The van der Waals surface area contributed by atoms with Gasteiger partial charge in [0.2, 0.25) is 0 Å². The van der Waals surface area contributed by atoms with Crippen molar-refractivity contribution in [2.75, 3.05) is 5.73 Å². The van der Waals surface area contributed by atoms with E-state index in [1.54, 1.807) is 6.20 Å². The number of nitrogens with one attached hydrogen (secondary N) is 1. The van der Waals surface area contributed by atoms with Gasteiger partial charge in [-0.25, -0.2) is 0 Å². The Balaban J connectivity index is 1.74. The summed E-state index contributed by atoms with van der Waals surface area (Å²) >= 11 is 0. The lowest BCUT2D eigenvalue weighted by atomic mass is 9.80. The molecule has 1 aliphatic carbocycles. The predicted octanol–water partition coefficient (Wildman–Crippen LogP) is 2.73. The summed E-state index contributed by atoms with van der Waals surface area (Å²) in [4.78, 5) is 4.47. The van der Waals surface area contributed by atoms with Crippen molar-refractivity contribution in [1.29, 1.82) is 0 Å². The fraction of sp³-hybridized carbons (Fsp3) is 0.615. The van der Waals surface area contributed by atoms with Gasteiger partial charge in [0.1, 0.15) is 11.4 Å². The zero-order chi connectivity index (χ0) is 13.2. The van der Waals surface area contributed by atoms with Crippen LogP contribution in [-0.4, -0.2) is 20.3 Å². The summed E-state index contributed by atoms with van der Waals surface area (Å²) in [6.45, 7) is 2.26. The van der Waals surface area contributed by atoms with Crippen molar-refractivity contribution in [3.8, 4) is 11.5 Å². The van der Waals surface area contributed by atoms with E-state index < -0.39 is 0 Å². The summed E-state index contributed by atoms with van der Waals surface area (Å²) in [6.07, 6.45) is 7.71. The smallest absolute Gasteiger partial charge is 0.263 e. The molecule has 102 valence electrons. The Hall–Kier alpha value is -1.85. The predicted molar refractivity (Wildman–Crippen MR) is 71.3 cm³/mol. The van der Waals surface area contributed by atoms with E-state index in [1.165, 1.54) is 19.3 Å². The van der Waals surface area contributed by atoms with Crippen molar-refractivity contribution in [1.82, 2.24) is 20.3 Å². The zero-order valence-electron chi connectivity index (χ0n) is 11.1. The van der Waals surface area contributed by atoms with Crippen LogP contribution in [0.5, 0.6) is 0 Å². The van der Waals surface area contributed by atoms with E-state index in [9.17, 15) is 0 Å². The van der Waals surface area contributed by atoms with Crippen molar-refractivity contribution in [3.63, 3.8) is 0 Å². The Kier molecular flexibility index (Phi) is 3.23. The molecular weight excluding hydrogens is 242 g/mol. The van der Waals surface area contributed by atoms with E-state index in [4.69, 9.17) is 10.3 Å². The van der Waals surface area contributed by atoms with Crippen LogP contribution in [0.4, 0.5) is 5.82 Å². The summed E-state index contributed by atoms with van der Waals surface area (Å²) in [7, 11) is 0. The molecule has 0 amide bonds. The van der Waals surface area contributed by atoms with Gasteiger partial charge in [-0.2, -0.15) is 10.1 Å². The Morgan fingerprint density at radius 2 is 2.16 bits per heavy atom. The van der Waals surface area contributed by atoms with Gasteiger partial charge in [-0.1, -0.05) is 18.5 Å². The lowest BCUT2D eigenvalue weighted by molar-refractivity contribution is 0.305. The molecule has 3 rings (SSSR count). The molecule has 19 heavy (non-hydrogen) atoms. The zero-order valence-corrected chi connectivity index (χ0v) is 11.1. The van der Waals surface area contributed by atoms with Crippen LogP contribution in [0.15, 0.2) is 10.7 Å². The number of nitrogens with two attached hydrogens (primary N) is 1. The maximum Gasteiger partial charge on any atom is 0.263 e. The third-order valence-corrected chi connectivity index (χ3v) is 4.13. The first-order valence-electron chi connectivity index (χ1n) is 6.90. The van der Waals surface area contributed by atoms with Crippen molar-refractivity contribution >= 4 is 5.82 Å². The van der Waals surface area contributed by atoms with Crippen LogP contribution in [0, 0.1) is 5.92 Å². The minimum absolute atomic E-state index is 0.424. The number of nitrogen functional groups attached to an aromatic ring is 1. The average molecular weight is 261 g/mol. The normalized spacial score (nSPS) is 23.6. The number of hydrogen-bond acceptors (Lipinski definition) is 5. The highest BCUT2D eigenvalue weighted by molar-refractivity contribution is 5.65. The summed E-state index contributed by atoms with van der Waals surface area (Å²) in [5.74, 6) is 3.02. The molecule has 1 saturated carbocycles. The quantitative estimate of drug-likeness (QED) is 0.886. The van der Waals surface area contributed by atoms with Crippen molar-refractivity contribution in [2.24, 2.45) is 5.92 Å². The first-order chi connectivity index (χ1) is 9.28. The number of H-pyrrole nitrogens is 1. The molecule has 0 aliphatic heterocycles. The van der Waals surface area contributed by atoms with Crippen LogP contribution in [-0.2, 0) is 0 Å². The Bertz CT molecular complexity index is 539. The van der Waals surface area contributed by atoms with Gasteiger partial charge >= 0.3 is 0 Å². The lowest BCUT2D eigenvalue weighted by Crippen LogP contribution is -2.13. The Labute approximate surface area is 111 Å². The molecule has 6 heteroatoms. The van der Waals surface area contributed by atoms with E-state index in [1.807, 2.05) is 0 Å². The number of nitrogens with zero attached hydrogens (tertiary/aromatic N) is 3. The highest BCUT2D eigenvalue weighted by atomic mass is 16.5. The minimum Gasteiger partial charge on any atom is -0.383 e. The van der Waals surface area contributed by atoms with E-state index in [2.05, 4.69) is 27.3 Å². The number of hydrogen-bond donors (Lipinski definition) is 2. The highest BCUT2D eigenvalue weighted by Crippen LogP contribution is 2.36. The molecule has 2 aromatic heterocycles. The molecule has 1 aliphatic rings. The molecular formula is C13H19N5O. The third kappa shape index (κ3) is 2.34. The molecule has 0 unspecified atom stereocenters. The third-order valence-electron chi connectivity index (χ3n) is 4.13. The number of rotatable bonds is 3. The van der Waals surface area contributed by atoms with Crippen LogP contribution in [0.3, 0.4) is 0 Å². The van der Waals surface area contributed by atoms with E-state index in [0.29, 0.717) is 23.2 Å². The molecule has 3 N–H and O–H groups in total. The van der Waals surface area contributed by atoms with Gasteiger partial charge < -0.3 is 10.3 Å². The van der Waals surface area contributed by atoms with Crippen LogP contribution < -0.4 is 5.73 Å². The molecule has 2 aromatic rings. The monoisotopic (exact) mass is 261 g/mol. The second kappa shape index (κ2) is 5.03. The van der Waals surface area contributed by atoms with Gasteiger partial charge in [0, 0.05) is 5.92 Å². The van der Waals surface area contributed by atoms with Gasteiger partial charge in [-0.3, -0.25) is 5.10 Å². The summed E-state index contributed by atoms with van der Waals surface area (Å²) in [5, 5.41) is 10.6. The Morgan fingerprint density at radius 1 is 1.37 bits per heavy atom. The first kappa shape index (κ1) is 12.2. The SMILES string of the molecule is CCC1CCC(c2noc(-c3cn[nH]c3N)n2)CC1. The standard InChI is InChI=1S/C13H19N5O/c1-2-8-3-5-9(6-4-8)12-16-13(19-18-12)10-7-15-17-11(10)14/h7-9H,2-6H2,1H3,(H3,14,15,17). The van der Waals surface area contributed by atoms with Crippen LogP contribution in [0.1, 0.15) is 50.8 Å². The fourth-order valence-electron chi connectivity index (χ4n) is 2.81.